The van der Waals surface area contributed by atoms with E-state index in [-0.39, 0.29) is 19.7 Å². The molecule has 2 amide bonds. The predicted molar refractivity (Wildman–Crippen MR) is 77.5 cm³/mol. The maximum Gasteiger partial charge on any atom is 0.237 e. The van der Waals surface area contributed by atoms with Gasteiger partial charge in [0.05, 0.1) is 13.1 Å². The Balaban J connectivity index is 3.08. The van der Waals surface area contributed by atoms with E-state index in [1.165, 1.54) is 4.90 Å². The van der Waals surface area contributed by atoms with Gasteiger partial charge < -0.3 is 26.4 Å². The average Bonchev–Trinajstić information content (AvgIpc) is 2.43. The smallest absolute Gasteiger partial charge is 0.237 e. The molecular weight excluding hydrogens is 276 g/mol. The number of carbonyl (C=O) groups excluding carboxylic acids is 2. The molecule has 9 heteroatoms. The van der Waals surface area contributed by atoms with Gasteiger partial charge in [-0.05, 0) is 6.92 Å². The molecule has 9 nitrogen and oxygen atoms in total. The Hall–Kier alpha value is -2.42. The second-order valence-corrected chi connectivity index (χ2v) is 4.20. The first-order chi connectivity index (χ1) is 9.96. The van der Waals surface area contributed by atoms with Gasteiger partial charge >= 0.3 is 0 Å². The Labute approximate surface area is 122 Å². The van der Waals surface area contributed by atoms with E-state index in [2.05, 4.69) is 15.3 Å². The highest BCUT2D eigenvalue weighted by Gasteiger charge is 2.16. The summed E-state index contributed by atoms with van der Waals surface area (Å²) in [7, 11) is 1.70. The van der Waals surface area contributed by atoms with E-state index in [1.807, 2.05) is 6.92 Å². The molecule has 0 unspecified atom stereocenters. The van der Waals surface area contributed by atoms with Crippen LogP contribution in [0, 0.1) is 0 Å². The molecule has 0 aliphatic heterocycles. The zero-order chi connectivity index (χ0) is 15.8. The summed E-state index contributed by atoms with van der Waals surface area (Å²) in [6.45, 7) is 2.26. The van der Waals surface area contributed by atoms with E-state index in [0.717, 1.165) is 0 Å². The second kappa shape index (κ2) is 8.00. The fourth-order valence-electron chi connectivity index (χ4n) is 1.63. The van der Waals surface area contributed by atoms with Crippen LogP contribution in [-0.2, 0) is 20.9 Å². The highest BCUT2D eigenvalue weighted by molar-refractivity contribution is 5.84. The summed E-state index contributed by atoms with van der Waals surface area (Å²) in [5.74, 6) is 0.160. The van der Waals surface area contributed by atoms with Gasteiger partial charge in [-0.2, -0.15) is 0 Å². The Morgan fingerprint density at radius 1 is 1.29 bits per heavy atom. The van der Waals surface area contributed by atoms with Gasteiger partial charge in [0.25, 0.3) is 0 Å². The van der Waals surface area contributed by atoms with Crippen molar-refractivity contribution in [2.24, 2.45) is 11.5 Å². The summed E-state index contributed by atoms with van der Waals surface area (Å²) < 4.78 is 5.26. The fraction of sp³-hybridized carbons (Fsp3) is 0.500. The molecule has 0 aliphatic carbocycles. The number of amides is 2. The molecule has 0 saturated carbocycles. The number of anilines is 2. The van der Waals surface area contributed by atoms with Crippen LogP contribution in [0.3, 0.4) is 0 Å². The van der Waals surface area contributed by atoms with Crippen LogP contribution in [0.25, 0.3) is 0 Å². The number of aromatic nitrogens is 2. The molecule has 1 aromatic rings. The van der Waals surface area contributed by atoms with Crippen molar-refractivity contribution in [2.45, 2.75) is 13.5 Å². The molecule has 21 heavy (non-hydrogen) atoms. The van der Waals surface area contributed by atoms with Gasteiger partial charge in [0, 0.05) is 19.7 Å². The van der Waals surface area contributed by atoms with Gasteiger partial charge in [-0.25, -0.2) is 9.97 Å². The van der Waals surface area contributed by atoms with Crippen LogP contribution in [0.4, 0.5) is 11.6 Å². The third-order valence-electron chi connectivity index (χ3n) is 2.47. The largest absolute Gasteiger partial charge is 0.374 e. The molecule has 1 aromatic heterocycles. The van der Waals surface area contributed by atoms with E-state index < -0.39 is 11.8 Å². The van der Waals surface area contributed by atoms with Crippen molar-refractivity contribution in [1.29, 1.82) is 0 Å². The van der Waals surface area contributed by atoms with Crippen molar-refractivity contribution >= 4 is 23.5 Å². The summed E-state index contributed by atoms with van der Waals surface area (Å²) in [6.07, 6.45) is 0. The number of rotatable bonds is 9. The van der Waals surface area contributed by atoms with Crippen molar-refractivity contribution in [2.75, 3.05) is 37.0 Å². The lowest BCUT2D eigenvalue weighted by Crippen LogP contribution is -2.40. The molecule has 5 N–H and O–H groups in total. The van der Waals surface area contributed by atoms with E-state index >= 15 is 0 Å². The molecule has 0 bridgehead atoms. The van der Waals surface area contributed by atoms with Crippen molar-refractivity contribution < 1.29 is 14.3 Å². The number of primary amides is 2. The molecule has 0 atom stereocenters. The number of nitrogens with two attached hydrogens (primary N) is 2. The molecular formula is C12H20N6O3. The van der Waals surface area contributed by atoms with Gasteiger partial charge in [0.15, 0.2) is 5.82 Å². The maximum atomic E-state index is 11.1. The Morgan fingerprint density at radius 2 is 1.90 bits per heavy atom. The monoisotopic (exact) mass is 296 g/mol. The van der Waals surface area contributed by atoms with Gasteiger partial charge in [0.1, 0.15) is 18.2 Å². The summed E-state index contributed by atoms with van der Waals surface area (Å²) in [4.78, 5) is 32.1. The SMILES string of the molecule is CCOCc1nc(NC)cc(N(CC(N)=O)CC(N)=O)n1. The van der Waals surface area contributed by atoms with Crippen LogP contribution in [0.1, 0.15) is 12.7 Å². The van der Waals surface area contributed by atoms with Crippen molar-refractivity contribution in [3.63, 3.8) is 0 Å². The first-order valence-corrected chi connectivity index (χ1v) is 6.41. The number of hydrogen-bond donors (Lipinski definition) is 3. The lowest BCUT2D eigenvalue weighted by Gasteiger charge is -2.21. The zero-order valence-corrected chi connectivity index (χ0v) is 12.1. The number of nitrogens with one attached hydrogen (secondary N) is 1. The maximum absolute atomic E-state index is 11.1. The zero-order valence-electron chi connectivity index (χ0n) is 12.1. The second-order valence-electron chi connectivity index (χ2n) is 4.20. The minimum absolute atomic E-state index is 0.169. The summed E-state index contributed by atoms with van der Waals surface area (Å²) in [5, 5.41) is 2.88. The number of carbonyl (C=O) groups is 2. The minimum Gasteiger partial charge on any atom is -0.374 e. The van der Waals surface area contributed by atoms with Gasteiger partial charge in [-0.15, -0.1) is 0 Å². The average molecular weight is 296 g/mol. The standard InChI is InChI=1S/C12H20N6O3/c1-3-21-7-11-16-10(15-2)4-12(17-11)18(5-8(13)19)6-9(14)20/h4H,3,5-7H2,1-2H3,(H2,13,19)(H2,14,20)(H,15,16,17). The lowest BCUT2D eigenvalue weighted by molar-refractivity contribution is -0.117. The molecule has 0 saturated heterocycles. The van der Waals surface area contributed by atoms with Crippen LogP contribution in [-0.4, -0.2) is 48.5 Å². The Morgan fingerprint density at radius 3 is 2.38 bits per heavy atom. The number of ether oxygens (including phenoxy) is 1. The topological polar surface area (TPSA) is 136 Å². The van der Waals surface area contributed by atoms with E-state index in [9.17, 15) is 9.59 Å². The van der Waals surface area contributed by atoms with Crippen LogP contribution >= 0.6 is 0 Å². The van der Waals surface area contributed by atoms with Crippen LogP contribution < -0.4 is 21.7 Å². The number of hydrogen-bond acceptors (Lipinski definition) is 7. The lowest BCUT2D eigenvalue weighted by atomic mass is 10.4. The fourth-order valence-corrected chi connectivity index (χ4v) is 1.63. The van der Waals surface area contributed by atoms with Crippen LogP contribution in [0.5, 0.6) is 0 Å². The first-order valence-electron chi connectivity index (χ1n) is 6.41. The molecule has 116 valence electrons. The highest BCUT2D eigenvalue weighted by Crippen LogP contribution is 2.16. The Kier molecular flexibility index (Phi) is 6.34. The molecule has 0 radical (unpaired) electrons. The first kappa shape index (κ1) is 16.6. The van der Waals surface area contributed by atoms with E-state index in [4.69, 9.17) is 16.2 Å². The summed E-state index contributed by atoms with van der Waals surface area (Å²) in [5.41, 5.74) is 10.4. The number of nitrogens with zero attached hydrogens (tertiary/aromatic N) is 3. The van der Waals surface area contributed by atoms with E-state index in [1.54, 1.807) is 13.1 Å². The van der Waals surface area contributed by atoms with Gasteiger partial charge in [-0.3, -0.25) is 9.59 Å². The third kappa shape index (κ3) is 5.61. The molecule has 1 rings (SSSR count). The van der Waals surface area contributed by atoms with Crippen molar-refractivity contribution in [3.8, 4) is 0 Å². The highest BCUT2D eigenvalue weighted by atomic mass is 16.5. The van der Waals surface area contributed by atoms with Crippen LogP contribution in [0.2, 0.25) is 0 Å². The molecule has 0 aliphatic rings. The molecule has 0 fully saturated rings. The Bertz CT molecular complexity index is 492. The van der Waals surface area contributed by atoms with E-state index in [0.29, 0.717) is 24.1 Å². The quantitative estimate of drug-likeness (QED) is 0.522. The van der Waals surface area contributed by atoms with Crippen LogP contribution in [0.15, 0.2) is 6.07 Å². The van der Waals surface area contributed by atoms with Gasteiger partial charge in [-0.1, -0.05) is 0 Å². The van der Waals surface area contributed by atoms with Crippen molar-refractivity contribution in [1.82, 2.24) is 9.97 Å². The minimum atomic E-state index is -0.591. The summed E-state index contributed by atoms with van der Waals surface area (Å²) >= 11 is 0. The predicted octanol–water partition coefficient (Wildman–Crippen LogP) is -1.17. The van der Waals surface area contributed by atoms with Gasteiger partial charge in [0.2, 0.25) is 11.8 Å². The third-order valence-corrected chi connectivity index (χ3v) is 2.47. The van der Waals surface area contributed by atoms with Crippen molar-refractivity contribution in [3.05, 3.63) is 11.9 Å². The normalized spacial score (nSPS) is 10.2. The molecule has 0 aromatic carbocycles. The molecule has 0 spiro atoms. The summed E-state index contributed by atoms with van der Waals surface area (Å²) in [6, 6.07) is 1.60. The molecule has 1 heterocycles.